The number of hydrogen-bond donors (Lipinski definition) is 1. The summed E-state index contributed by atoms with van der Waals surface area (Å²) in [5, 5.41) is 8.88. The molecular formula is C22H35N4O6P. The number of nitrogens with zero attached hydrogens (tertiary/aromatic N) is 3. The molecule has 1 aliphatic rings. The average molecular weight is 483 g/mol. The Morgan fingerprint density at radius 3 is 2.67 bits per heavy atom. The van der Waals surface area contributed by atoms with Crippen LogP contribution in [0.4, 0.5) is 0 Å². The number of rotatable bonds is 13. The number of aromatic nitrogens is 2. The van der Waals surface area contributed by atoms with Gasteiger partial charge in [-0.1, -0.05) is 6.08 Å². The van der Waals surface area contributed by atoms with E-state index in [0.717, 1.165) is 0 Å². The van der Waals surface area contributed by atoms with E-state index in [1.54, 1.807) is 13.0 Å². The van der Waals surface area contributed by atoms with Crippen LogP contribution in [-0.4, -0.2) is 58.3 Å². The SMILES string of the molecule is C=CCO[C@H]1C[C@H](n2cc(C)c(=O)[nH]c2=O)O[C@@H]1COP(OCCC#N)N(C(C)C)C(C)C. The van der Waals surface area contributed by atoms with Gasteiger partial charge in [0.15, 0.2) is 0 Å². The Bertz CT molecular complexity index is 917. The lowest BCUT2D eigenvalue weighted by atomic mass is 10.2. The quantitative estimate of drug-likeness (QED) is 0.259. The monoisotopic (exact) mass is 482 g/mol. The van der Waals surface area contributed by atoms with Crippen molar-refractivity contribution in [2.45, 2.75) is 78.0 Å². The van der Waals surface area contributed by atoms with Crippen molar-refractivity contribution in [3.8, 4) is 6.07 Å². The molecule has 1 unspecified atom stereocenters. The van der Waals surface area contributed by atoms with E-state index in [0.29, 0.717) is 18.6 Å². The van der Waals surface area contributed by atoms with Crippen LogP contribution in [-0.2, 0) is 18.5 Å². The van der Waals surface area contributed by atoms with E-state index in [9.17, 15) is 9.59 Å². The number of H-pyrrole nitrogens is 1. The molecule has 1 N–H and O–H groups in total. The lowest BCUT2D eigenvalue weighted by molar-refractivity contribution is -0.0556. The summed E-state index contributed by atoms with van der Waals surface area (Å²) < 4.78 is 27.7. The lowest BCUT2D eigenvalue weighted by Gasteiger charge is -2.36. The molecule has 184 valence electrons. The normalized spacial score (nSPS) is 21.6. The molecule has 1 aliphatic heterocycles. The van der Waals surface area contributed by atoms with Gasteiger partial charge in [0, 0.05) is 30.3 Å². The fraction of sp³-hybridized carbons (Fsp3) is 0.682. The summed E-state index contributed by atoms with van der Waals surface area (Å²) in [6.07, 6.45) is 2.44. The fourth-order valence-electron chi connectivity index (χ4n) is 3.64. The van der Waals surface area contributed by atoms with E-state index in [1.807, 2.05) is 0 Å². The molecule has 1 fully saturated rings. The van der Waals surface area contributed by atoms with Crippen LogP contribution in [0.5, 0.6) is 0 Å². The van der Waals surface area contributed by atoms with Crippen molar-refractivity contribution in [1.82, 2.24) is 14.2 Å². The highest BCUT2D eigenvalue weighted by molar-refractivity contribution is 7.44. The highest BCUT2D eigenvalue weighted by atomic mass is 31.2. The molecule has 0 aliphatic carbocycles. The van der Waals surface area contributed by atoms with Gasteiger partial charge in [-0.25, -0.2) is 9.46 Å². The van der Waals surface area contributed by atoms with Gasteiger partial charge in [-0.15, -0.1) is 6.58 Å². The number of aryl methyl sites for hydroxylation is 1. The Hall–Kier alpha value is -1.86. The third kappa shape index (κ3) is 7.57. The van der Waals surface area contributed by atoms with Crippen LogP contribution in [0.3, 0.4) is 0 Å². The minimum Gasteiger partial charge on any atom is -0.371 e. The van der Waals surface area contributed by atoms with Gasteiger partial charge in [0.05, 0.1) is 38.4 Å². The average Bonchev–Trinajstić information content (AvgIpc) is 3.15. The molecule has 0 spiro atoms. The highest BCUT2D eigenvalue weighted by Gasteiger charge is 2.39. The zero-order valence-corrected chi connectivity index (χ0v) is 20.9. The van der Waals surface area contributed by atoms with Crippen LogP contribution in [0.25, 0.3) is 0 Å². The van der Waals surface area contributed by atoms with Crippen molar-refractivity contribution < 1.29 is 18.5 Å². The second-order valence-corrected chi connectivity index (χ2v) is 9.80. The summed E-state index contributed by atoms with van der Waals surface area (Å²) in [4.78, 5) is 26.4. The zero-order valence-electron chi connectivity index (χ0n) is 20.0. The number of hydrogen-bond acceptors (Lipinski definition) is 8. The molecule has 2 rings (SSSR count). The maximum Gasteiger partial charge on any atom is 0.330 e. The smallest absolute Gasteiger partial charge is 0.330 e. The van der Waals surface area contributed by atoms with E-state index in [-0.39, 0.29) is 37.8 Å². The summed E-state index contributed by atoms with van der Waals surface area (Å²) in [5.74, 6) is 0. The largest absolute Gasteiger partial charge is 0.371 e. The Morgan fingerprint density at radius 2 is 2.06 bits per heavy atom. The third-order valence-electron chi connectivity index (χ3n) is 5.08. The highest BCUT2D eigenvalue weighted by Crippen LogP contribution is 2.47. The maximum atomic E-state index is 12.3. The van der Waals surface area contributed by atoms with E-state index in [2.05, 4.69) is 50.0 Å². The Labute approximate surface area is 196 Å². The second kappa shape index (κ2) is 13.1. The molecular weight excluding hydrogens is 447 g/mol. The molecule has 33 heavy (non-hydrogen) atoms. The first-order valence-electron chi connectivity index (χ1n) is 11.1. The second-order valence-electron chi connectivity index (χ2n) is 8.35. The molecule has 4 atom stereocenters. The van der Waals surface area contributed by atoms with Crippen molar-refractivity contribution in [3.05, 3.63) is 45.3 Å². The van der Waals surface area contributed by atoms with Gasteiger partial charge in [0.2, 0.25) is 0 Å². The summed E-state index contributed by atoms with van der Waals surface area (Å²) in [6.45, 7) is 14.4. The number of aromatic amines is 1. The first-order chi connectivity index (χ1) is 15.7. The lowest BCUT2D eigenvalue weighted by Crippen LogP contribution is -2.35. The van der Waals surface area contributed by atoms with E-state index in [4.69, 9.17) is 23.8 Å². The van der Waals surface area contributed by atoms with Gasteiger partial charge in [-0.2, -0.15) is 5.26 Å². The van der Waals surface area contributed by atoms with E-state index < -0.39 is 32.1 Å². The Kier molecular flexibility index (Phi) is 10.9. The minimum atomic E-state index is -1.44. The van der Waals surface area contributed by atoms with Crippen LogP contribution in [0.1, 0.15) is 52.3 Å². The van der Waals surface area contributed by atoms with Crippen molar-refractivity contribution >= 4 is 8.53 Å². The first kappa shape index (κ1) is 27.4. The maximum absolute atomic E-state index is 12.3. The molecule has 0 saturated carbocycles. The summed E-state index contributed by atoms with van der Waals surface area (Å²) in [6, 6.07) is 2.43. The molecule has 0 amide bonds. The standard InChI is InChI=1S/C22H35N4O6P/c1-7-10-29-18-12-20(25-13-17(6)21(27)24-22(25)28)32-19(18)14-31-33(30-11-8-9-23)26(15(2)3)16(4)5/h7,13,15-16,18-20H,1,8,10-12,14H2,2-6H3,(H,24,27,28)/t18-,19+,20+,33?/m0/s1. The van der Waals surface area contributed by atoms with Gasteiger partial charge < -0.3 is 18.5 Å². The molecule has 0 radical (unpaired) electrons. The van der Waals surface area contributed by atoms with Crippen molar-refractivity contribution in [1.29, 1.82) is 5.26 Å². The minimum absolute atomic E-state index is 0.172. The number of nitriles is 1. The van der Waals surface area contributed by atoms with Crippen molar-refractivity contribution in [3.63, 3.8) is 0 Å². The van der Waals surface area contributed by atoms with Crippen LogP contribution >= 0.6 is 8.53 Å². The van der Waals surface area contributed by atoms with Crippen molar-refractivity contribution in [2.75, 3.05) is 19.8 Å². The third-order valence-corrected chi connectivity index (χ3v) is 7.15. The predicted octanol–water partition coefficient (Wildman–Crippen LogP) is 3.00. The molecule has 10 nitrogen and oxygen atoms in total. The molecule has 1 aromatic heterocycles. The molecule has 1 aromatic rings. The van der Waals surface area contributed by atoms with Gasteiger partial charge in [0.25, 0.3) is 14.1 Å². The van der Waals surface area contributed by atoms with Gasteiger partial charge in [0.1, 0.15) is 12.3 Å². The number of nitrogens with one attached hydrogen (secondary N) is 1. The van der Waals surface area contributed by atoms with Crippen LogP contribution in [0.2, 0.25) is 0 Å². The zero-order chi connectivity index (χ0) is 24.5. The summed E-state index contributed by atoms with van der Waals surface area (Å²) >= 11 is 0. The fourth-order valence-corrected chi connectivity index (χ4v) is 5.26. The Balaban J connectivity index is 2.19. The predicted molar refractivity (Wildman–Crippen MR) is 126 cm³/mol. The Morgan fingerprint density at radius 1 is 1.36 bits per heavy atom. The van der Waals surface area contributed by atoms with E-state index >= 15 is 0 Å². The van der Waals surface area contributed by atoms with Gasteiger partial charge >= 0.3 is 5.69 Å². The molecule has 0 bridgehead atoms. The van der Waals surface area contributed by atoms with Crippen LogP contribution in [0.15, 0.2) is 28.4 Å². The van der Waals surface area contributed by atoms with Gasteiger partial charge in [-0.3, -0.25) is 14.3 Å². The van der Waals surface area contributed by atoms with Crippen molar-refractivity contribution in [2.24, 2.45) is 0 Å². The topological polar surface area (TPSA) is 119 Å². The first-order valence-corrected chi connectivity index (χ1v) is 12.2. The molecule has 11 heteroatoms. The molecule has 1 saturated heterocycles. The number of ether oxygens (including phenoxy) is 2. The summed E-state index contributed by atoms with van der Waals surface area (Å²) in [7, 11) is -1.44. The molecule has 0 aromatic carbocycles. The van der Waals surface area contributed by atoms with Crippen LogP contribution in [0, 0.1) is 18.3 Å². The molecule has 2 heterocycles. The van der Waals surface area contributed by atoms with E-state index in [1.165, 1.54) is 10.8 Å². The van der Waals surface area contributed by atoms with Gasteiger partial charge in [-0.05, 0) is 34.6 Å². The van der Waals surface area contributed by atoms with Crippen LogP contribution < -0.4 is 11.2 Å². The summed E-state index contributed by atoms with van der Waals surface area (Å²) in [5.41, 5.74) is -0.538.